The van der Waals surface area contributed by atoms with E-state index in [1.807, 2.05) is 11.0 Å². The van der Waals surface area contributed by atoms with E-state index < -0.39 is 48.0 Å². The molecular weight excluding hydrogens is 885 g/mol. The number of piperidine rings is 2. The number of nitrogens with zero attached hydrogens (tertiary/aromatic N) is 8. The zero-order valence-corrected chi connectivity index (χ0v) is 38.1. The topological polar surface area (TPSA) is 210 Å². The second kappa shape index (κ2) is 19.1. The molecule has 0 bridgehead atoms. The Bertz CT molecular complexity index is 2520. The van der Waals surface area contributed by atoms with Crippen molar-refractivity contribution in [2.45, 2.75) is 88.3 Å². The standard InChI is InChI=1S/C47H55F2N11O8/c1-55-35-26-50-46(54-40(35)59(30-7-3-4-8-30)27-47(48,49)45(55)67)52-32-13-12-28(25-36(32)68-2)41(63)51-29-16-19-58(20-17-29)38(62)11-6-18-56-21-23-57(24-22-56)33-10-5-9-31-39(33)44(66)60(43(31)65)34-14-15-37(61)53-42(34)64/h5,9-10,12-13,25-26,29-30,34H,3-4,6-8,11,14-24,27H2,1-2H3,(H,51,63)(H,50,52,54)(H,53,61,64). The molecular formula is C47H55F2N11O8. The van der Waals surface area contributed by atoms with Crippen molar-refractivity contribution in [3.63, 3.8) is 0 Å². The summed E-state index contributed by atoms with van der Waals surface area (Å²) in [6.07, 6.45) is 6.99. The van der Waals surface area contributed by atoms with Gasteiger partial charge in [-0.2, -0.15) is 13.8 Å². The number of benzene rings is 2. The summed E-state index contributed by atoms with van der Waals surface area (Å²) < 4.78 is 35.7. The number of hydrogen-bond acceptors (Lipinski definition) is 14. The molecule has 6 heterocycles. The molecule has 1 saturated carbocycles. The minimum Gasteiger partial charge on any atom is -0.495 e. The van der Waals surface area contributed by atoms with Crippen LogP contribution in [0.3, 0.4) is 0 Å². The van der Waals surface area contributed by atoms with Crippen LogP contribution in [0.2, 0.25) is 0 Å². The third-order valence-electron chi connectivity index (χ3n) is 14.1. The number of alkyl halides is 2. The predicted molar refractivity (Wildman–Crippen MR) is 244 cm³/mol. The fourth-order valence-electron chi connectivity index (χ4n) is 10.3. The molecule has 360 valence electrons. The predicted octanol–water partition coefficient (Wildman–Crippen LogP) is 3.31. The van der Waals surface area contributed by atoms with Gasteiger partial charge in [-0.1, -0.05) is 18.9 Å². The number of carbonyl (C=O) groups is 7. The highest BCUT2D eigenvalue weighted by Crippen LogP contribution is 2.40. The van der Waals surface area contributed by atoms with Crippen molar-refractivity contribution in [1.29, 1.82) is 0 Å². The van der Waals surface area contributed by atoms with Crippen LogP contribution < -0.4 is 35.4 Å². The molecule has 1 aliphatic carbocycles. The quantitative estimate of drug-likeness (QED) is 0.223. The average molecular weight is 940 g/mol. The molecule has 6 aliphatic rings. The van der Waals surface area contributed by atoms with Gasteiger partial charge in [0.2, 0.25) is 23.7 Å². The minimum absolute atomic E-state index is 0.0533. The number of rotatable bonds is 12. The van der Waals surface area contributed by atoms with Gasteiger partial charge in [-0.15, -0.1) is 0 Å². The van der Waals surface area contributed by atoms with Crippen molar-refractivity contribution >= 4 is 70.2 Å². The van der Waals surface area contributed by atoms with E-state index >= 15 is 8.78 Å². The van der Waals surface area contributed by atoms with Crippen molar-refractivity contribution < 1.29 is 47.1 Å². The van der Waals surface area contributed by atoms with E-state index in [1.165, 1.54) is 25.3 Å². The van der Waals surface area contributed by atoms with Gasteiger partial charge in [-0.3, -0.25) is 48.7 Å². The van der Waals surface area contributed by atoms with Gasteiger partial charge < -0.3 is 35.0 Å². The number of hydrogen-bond donors (Lipinski definition) is 3. The van der Waals surface area contributed by atoms with Gasteiger partial charge in [0.1, 0.15) is 17.5 Å². The van der Waals surface area contributed by atoms with Gasteiger partial charge in [0, 0.05) is 76.8 Å². The zero-order chi connectivity index (χ0) is 47.9. The molecule has 3 N–H and O–H groups in total. The van der Waals surface area contributed by atoms with Gasteiger partial charge in [0.15, 0.2) is 5.82 Å². The molecule has 3 saturated heterocycles. The Kier molecular flexibility index (Phi) is 13.0. The molecule has 3 aromatic rings. The summed E-state index contributed by atoms with van der Waals surface area (Å²) in [4.78, 5) is 109. The van der Waals surface area contributed by atoms with Gasteiger partial charge >= 0.3 is 5.92 Å². The van der Waals surface area contributed by atoms with Crippen molar-refractivity contribution in [2.24, 2.45) is 0 Å². The van der Waals surface area contributed by atoms with Crippen LogP contribution in [0.25, 0.3) is 0 Å². The van der Waals surface area contributed by atoms with Crippen LogP contribution in [0.1, 0.15) is 95.3 Å². The summed E-state index contributed by atoms with van der Waals surface area (Å²) >= 11 is 0. The number of imide groups is 2. The molecule has 1 atom stereocenters. The highest BCUT2D eigenvalue weighted by atomic mass is 19.3. The first-order valence-corrected chi connectivity index (χ1v) is 23.4. The molecule has 4 fully saturated rings. The van der Waals surface area contributed by atoms with Crippen molar-refractivity contribution in [1.82, 2.24) is 35.3 Å². The molecule has 1 aromatic heterocycles. The second-order valence-corrected chi connectivity index (χ2v) is 18.3. The molecule has 0 radical (unpaired) electrons. The number of aromatic nitrogens is 2. The first kappa shape index (κ1) is 46.3. The van der Waals surface area contributed by atoms with Gasteiger partial charge in [0.25, 0.3) is 23.6 Å². The maximum atomic E-state index is 15.1. The lowest BCUT2D eigenvalue weighted by Gasteiger charge is -2.37. The molecule has 7 amide bonds. The Balaban J connectivity index is 0.727. The Morgan fingerprint density at radius 1 is 0.912 bits per heavy atom. The Hall–Kier alpha value is -6.77. The highest BCUT2D eigenvalue weighted by molar-refractivity contribution is 6.25. The Labute approximate surface area is 391 Å². The fourth-order valence-corrected chi connectivity index (χ4v) is 10.3. The van der Waals surface area contributed by atoms with Gasteiger partial charge in [-0.25, -0.2) is 4.98 Å². The molecule has 21 heteroatoms. The normalized spacial score (nSPS) is 21.4. The number of amides is 7. The molecule has 68 heavy (non-hydrogen) atoms. The van der Waals surface area contributed by atoms with E-state index in [2.05, 4.69) is 35.7 Å². The van der Waals surface area contributed by atoms with E-state index in [4.69, 9.17) is 4.74 Å². The lowest BCUT2D eigenvalue weighted by Crippen LogP contribution is -2.54. The smallest absolute Gasteiger partial charge is 0.342 e. The second-order valence-electron chi connectivity index (χ2n) is 18.3. The number of carbonyl (C=O) groups excluding carboxylic acids is 7. The van der Waals surface area contributed by atoms with Crippen molar-refractivity contribution in [3.05, 3.63) is 59.3 Å². The molecule has 2 aromatic carbocycles. The van der Waals surface area contributed by atoms with Gasteiger partial charge in [-0.05, 0) is 75.4 Å². The number of nitrogens with one attached hydrogen (secondary N) is 3. The van der Waals surface area contributed by atoms with E-state index in [9.17, 15) is 33.6 Å². The lowest BCUT2D eigenvalue weighted by molar-refractivity contribution is -0.140. The van der Waals surface area contributed by atoms with Gasteiger partial charge in [0.05, 0.1) is 42.4 Å². The largest absolute Gasteiger partial charge is 0.495 e. The third kappa shape index (κ3) is 9.14. The van der Waals surface area contributed by atoms with E-state index in [0.29, 0.717) is 100 Å². The van der Waals surface area contributed by atoms with Crippen LogP contribution >= 0.6 is 0 Å². The summed E-state index contributed by atoms with van der Waals surface area (Å²) in [5, 5.41) is 8.42. The first-order chi connectivity index (χ1) is 32.7. The van der Waals surface area contributed by atoms with Crippen LogP contribution in [0.4, 0.5) is 37.6 Å². The number of fused-ring (bicyclic) bond motifs is 2. The summed E-state index contributed by atoms with van der Waals surface area (Å²) in [5.41, 5.74) is 2.18. The monoisotopic (exact) mass is 939 g/mol. The summed E-state index contributed by atoms with van der Waals surface area (Å²) in [5.74, 6) is -6.58. The van der Waals surface area contributed by atoms with E-state index in [0.717, 1.165) is 29.2 Å². The van der Waals surface area contributed by atoms with Crippen molar-refractivity contribution in [2.75, 3.05) is 86.5 Å². The number of anilines is 5. The van der Waals surface area contributed by atoms with Crippen LogP contribution in [-0.2, 0) is 19.2 Å². The SMILES string of the molecule is COc1cc(C(=O)NC2CCN(C(=O)CCCN3CCN(c4cccc5c4C(=O)N(C4CCC(=O)NC4=O)C5=O)CC3)CC2)ccc1Nc1ncc2c(n1)N(C1CCCC1)CC(F)(F)C(=O)N2C. The average Bonchev–Trinajstić information content (AvgIpc) is 3.95. The summed E-state index contributed by atoms with van der Waals surface area (Å²) in [6, 6.07) is 8.67. The van der Waals surface area contributed by atoms with E-state index in [-0.39, 0.29) is 65.3 Å². The number of likely N-dealkylation sites (tertiary alicyclic amines) is 1. The first-order valence-electron chi connectivity index (χ1n) is 23.4. The minimum atomic E-state index is -3.60. The molecule has 9 rings (SSSR count). The zero-order valence-electron chi connectivity index (χ0n) is 38.1. The third-order valence-corrected chi connectivity index (χ3v) is 14.1. The Morgan fingerprint density at radius 2 is 1.66 bits per heavy atom. The van der Waals surface area contributed by atoms with E-state index in [1.54, 1.807) is 30.3 Å². The lowest BCUT2D eigenvalue weighted by atomic mass is 10.0. The number of ether oxygens (including phenoxy) is 1. The number of halogens is 2. The fraction of sp³-hybridized carbons (Fsp3) is 0.511. The molecule has 0 spiro atoms. The Morgan fingerprint density at radius 3 is 2.38 bits per heavy atom. The van der Waals surface area contributed by atoms with Crippen LogP contribution in [0, 0.1) is 0 Å². The van der Waals surface area contributed by atoms with Crippen LogP contribution in [-0.4, -0.2) is 157 Å². The number of piperazine rings is 1. The maximum absolute atomic E-state index is 15.1. The maximum Gasteiger partial charge on any atom is 0.342 e. The molecule has 5 aliphatic heterocycles. The molecule has 1 unspecified atom stereocenters. The highest BCUT2D eigenvalue weighted by Gasteiger charge is 2.49. The summed E-state index contributed by atoms with van der Waals surface area (Å²) in [6.45, 7) is 3.58. The number of methoxy groups -OCH3 is 1. The van der Waals surface area contributed by atoms with Crippen molar-refractivity contribution in [3.8, 4) is 5.75 Å². The van der Waals surface area contributed by atoms with Crippen LogP contribution in [0.5, 0.6) is 5.75 Å². The van der Waals surface area contributed by atoms with Crippen LogP contribution in [0.15, 0.2) is 42.6 Å². The summed E-state index contributed by atoms with van der Waals surface area (Å²) in [7, 11) is 2.76. The molecule has 19 nitrogen and oxygen atoms in total.